The quantitative estimate of drug-likeness (QED) is 0.160. The molecular weight excluding hydrogens is 793 g/mol. The fourth-order valence-electron chi connectivity index (χ4n) is 10.9. The first kappa shape index (κ1) is 38.6. The smallest absolute Gasteiger partial charge is 0.160 e. The lowest BCUT2D eigenvalue weighted by molar-refractivity contribution is 0.368. The van der Waals surface area contributed by atoms with Crippen LogP contribution in [-0.4, -0.2) is 9.97 Å². The molecule has 4 nitrogen and oxygen atoms in total. The summed E-state index contributed by atoms with van der Waals surface area (Å²) in [7, 11) is 0. The minimum atomic E-state index is -0.680. The molecule has 65 heavy (non-hydrogen) atoms. The predicted molar refractivity (Wildman–Crippen MR) is 261 cm³/mol. The number of hydrogen-bond donors (Lipinski definition) is 0. The lowest BCUT2D eigenvalue weighted by Crippen LogP contribution is -2.40. The van der Waals surface area contributed by atoms with Crippen molar-refractivity contribution >= 4 is 0 Å². The summed E-state index contributed by atoms with van der Waals surface area (Å²) < 4.78 is 14.3. The predicted octanol–water partition coefficient (Wildman–Crippen LogP) is 14.8. The number of aromatic nitrogens is 2. The first-order chi connectivity index (χ1) is 32.2. The number of fused-ring (bicyclic) bond motifs is 4. The zero-order chi connectivity index (χ0) is 43.4. The number of rotatable bonds is 7. The Morgan fingerprint density at radius 2 is 0.938 bits per heavy atom. The normalized spacial score (nSPS) is 17.4. The molecule has 0 radical (unpaired) electrons. The van der Waals surface area contributed by atoms with Gasteiger partial charge in [-0.15, -0.1) is 0 Å². The largest absolute Gasteiger partial charge is 0.456 e. The highest BCUT2D eigenvalue weighted by Crippen LogP contribution is 2.60. The van der Waals surface area contributed by atoms with Crippen LogP contribution in [0.5, 0.6) is 23.0 Å². The standard InChI is InChI=1S/C61H44N2O2/c1-41-22-14-15-31-46(41)59-62-53(47-32-20-36-51-57(47)64-55-38-18-16-34-49(55)60(51,42-23-6-2-7-24-42)43-25-8-3-9-26-43)40-54(63-59)48-33-21-37-52-58(48)65-56-39-19-17-35-50(56)61(52,44-27-10-4-11-28-44)45-29-12-5-13-30-45/h2-29,31-40,45H,30H2,1H3. The number of allylic oxidation sites excluding steroid dienone is 4. The van der Waals surface area contributed by atoms with Crippen molar-refractivity contribution in [1.82, 2.24) is 9.97 Å². The van der Waals surface area contributed by atoms with Gasteiger partial charge in [-0.3, -0.25) is 0 Å². The van der Waals surface area contributed by atoms with Crippen molar-refractivity contribution < 1.29 is 9.47 Å². The molecule has 0 amide bonds. The van der Waals surface area contributed by atoms with E-state index < -0.39 is 10.8 Å². The Hall–Kier alpha value is -8.08. The molecule has 0 bridgehead atoms. The van der Waals surface area contributed by atoms with Crippen molar-refractivity contribution in [1.29, 1.82) is 0 Å². The molecule has 0 saturated carbocycles. The Labute approximate surface area is 379 Å². The van der Waals surface area contributed by atoms with Gasteiger partial charge in [-0.1, -0.05) is 200 Å². The van der Waals surface area contributed by atoms with Gasteiger partial charge in [0.2, 0.25) is 0 Å². The molecule has 0 saturated heterocycles. The fraction of sp³-hybridized carbons (Fsp3) is 0.0820. The van der Waals surface area contributed by atoms with E-state index in [-0.39, 0.29) is 5.92 Å². The average Bonchev–Trinajstić information content (AvgIpc) is 3.38. The van der Waals surface area contributed by atoms with Gasteiger partial charge >= 0.3 is 0 Å². The van der Waals surface area contributed by atoms with E-state index >= 15 is 0 Å². The van der Waals surface area contributed by atoms with E-state index in [0.29, 0.717) is 5.82 Å². The van der Waals surface area contributed by atoms with Gasteiger partial charge in [-0.05, 0) is 71.8 Å². The third kappa shape index (κ3) is 5.98. The molecule has 0 spiro atoms. The summed E-state index contributed by atoms with van der Waals surface area (Å²) in [5.41, 5.74) is 12.0. The van der Waals surface area contributed by atoms with Crippen molar-refractivity contribution in [3.63, 3.8) is 0 Å². The van der Waals surface area contributed by atoms with Gasteiger partial charge < -0.3 is 9.47 Å². The molecule has 12 rings (SSSR count). The second-order valence-electron chi connectivity index (χ2n) is 17.1. The number of ether oxygens (including phenoxy) is 2. The minimum Gasteiger partial charge on any atom is -0.456 e. The average molecular weight is 837 g/mol. The van der Waals surface area contributed by atoms with Crippen molar-refractivity contribution in [3.8, 4) is 56.9 Å². The van der Waals surface area contributed by atoms with Crippen LogP contribution >= 0.6 is 0 Å². The number of nitrogens with zero attached hydrogens (tertiary/aromatic N) is 2. The van der Waals surface area contributed by atoms with Gasteiger partial charge in [-0.25, -0.2) is 9.97 Å². The Bertz CT molecular complexity index is 3280. The zero-order valence-electron chi connectivity index (χ0n) is 35.9. The van der Waals surface area contributed by atoms with Crippen molar-refractivity contribution in [2.45, 2.75) is 24.2 Å². The molecule has 9 aromatic rings. The first-order valence-corrected chi connectivity index (χ1v) is 22.4. The van der Waals surface area contributed by atoms with Crippen molar-refractivity contribution in [2.75, 3.05) is 0 Å². The summed E-state index contributed by atoms with van der Waals surface area (Å²) in [6.45, 7) is 2.12. The van der Waals surface area contributed by atoms with Gasteiger partial charge in [0, 0.05) is 38.9 Å². The van der Waals surface area contributed by atoms with Crippen LogP contribution in [0, 0.1) is 12.8 Å². The molecule has 3 heterocycles. The van der Waals surface area contributed by atoms with Crippen LogP contribution in [0.15, 0.2) is 231 Å². The van der Waals surface area contributed by atoms with Crippen LogP contribution in [-0.2, 0) is 10.8 Å². The lowest BCUT2D eigenvalue weighted by Gasteiger charge is -2.46. The lowest BCUT2D eigenvalue weighted by atomic mass is 9.59. The topological polar surface area (TPSA) is 44.2 Å². The van der Waals surface area contributed by atoms with Crippen LogP contribution in [0.2, 0.25) is 0 Å². The highest BCUT2D eigenvalue weighted by atomic mass is 16.5. The van der Waals surface area contributed by atoms with E-state index in [1.54, 1.807) is 0 Å². The Morgan fingerprint density at radius 1 is 0.446 bits per heavy atom. The maximum Gasteiger partial charge on any atom is 0.160 e. The molecule has 0 fully saturated rings. The Morgan fingerprint density at radius 3 is 1.55 bits per heavy atom. The van der Waals surface area contributed by atoms with Gasteiger partial charge in [0.25, 0.3) is 0 Å². The van der Waals surface area contributed by atoms with Crippen molar-refractivity contribution in [2.24, 2.45) is 5.92 Å². The maximum atomic E-state index is 7.17. The van der Waals surface area contributed by atoms with E-state index in [2.05, 4.69) is 237 Å². The summed E-state index contributed by atoms with van der Waals surface area (Å²) in [6.07, 6.45) is 9.88. The Kier molecular flexibility index (Phi) is 9.27. The summed E-state index contributed by atoms with van der Waals surface area (Å²) in [4.78, 5) is 10.9. The monoisotopic (exact) mass is 836 g/mol. The molecule has 2 atom stereocenters. The zero-order valence-corrected chi connectivity index (χ0v) is 35.9. The maximum absolute atomic E-state index is 7.17. The highest BCUT2D eigenvalue weighted by molar-refractivity contribution is 5.83. The third-order valence-electron chi connectivity index (χ3n) is 13.7. The molecule has 4 heteroatoms. The van der Waals surface area contributed by atoms with Gasteiger partial charge in [0.15, 0.2) is 5.82 Å². The SMILES string of the molecule is Cc1ccccc1-c1nc(-c2cccc3c2Oc2ccccc2C3(c2ccccc2)c2ccccc2)cc(-c2cccc3c2Oc2ccccc2C3(c2ccccc2)C2C=CC=CC2)n1. The fourth-order valence-corrected chi connectivity index (χ4v) is 10.9. The summed E-state index contributed by atoms with van der Waals surface area (Å²) in [5, 5.41) is 0. The van der Waals surface area contributed by atoms with Crippen molar-refractivity contribution in [3.05, 3.63) is 275 Å². The second-order valence-corrected chi connectivity index (χ2v) is 17.1. The highest BCUT2D eigenvalue weighted by Gasteiger charge is 2.49. The summed E-state index contributed by atoms with van der Waals surface area (Å²) >= 11 is 0. The molecular formula is C61H44N2O2. The van der Waals surface area contributed by atoms with E-state index in [4.69, 9.17) is 19.4 Å². The number of hydrogen-bond acceptors (Lipinski definition) is 4. The molecule has 2 aliphatic heterocycles. The van der Waals surface area contributed by atoms with Crippen LogP contribution in [0.1, 0.15) is 50.9 Å². The second kappa shape index (κ2) is 15.6. The molecule has 310 valence electrons. The van der Waals surface area contributed by atoms with Crippen LogP contribution in [0.3, 0.4) is 0 Å². The molecule has 2 unspecified atom stereocenters. The van der Waals surface area contributed by atoms with E-state index in [1.807, 2.05) is 0 Å². The molecule has 8 aromatic carbocycles. The summed E-state index contributed by atoms with van der Waals surface area (Å²) in [5.74, 6) is 3.97. The number of benzene rings is 8. The number of para-hydroxylation sites is 4. The van der Waals surface area contributed by atoms with E-state index in [9.17, 15) is 0 Å². The molecule has 1 aromatic heterocycles. The van der Waals surface area contributed by atoms with E-state index in [1.165, 1.54) is 5.56 Å². The molecule has 3 aliphatic rings. The van der Waals surface area contributed by atoms with E-state index in [0.717, 1.165) is 96.4 Å². The summed E-state index contributed by atoms with van der Waals surface area (Å²) in [6, 6.07) is 73.1. The number of aryl methyl sites for hydroxylation is 1. The molecule has 1 aliphatic carbocycles. The van der Waals surface area contributed by atoms with Gasteiger partial charge in [-0.2, -0.15) is 0 Å². The van der Waals surface area contributed by atoms with Crippen LogP contribution in [0.4, 0.5) is 0 Å². The third-order valence-corrected chi connectivity index (χ3v) is 13.7. The van der Waals surface area contributed by atoms with Gasteiger partial charge in [0.05, 0.1) is 22.2 Å². The van der Waals surface area contributed by atoms with Crippen LogP contribution in [0.25, 0.3) is 33.9 Å². The Balaban J connectivity index is 1.13. The first-order valence-electron chi connectivity index (χ1n) is 22.4. The molecule has 0 N–H and O–H groups in total. The van der Waals surface area contributed by atoms with Gasteiger partial charge in [0.1, 0.15) is 23.0 Å². The minimum absolute atomic E-state index is 0.128. The van der Waals surface area contributed by atoms with Crippen LogP contribution < -0.4 is 9.47 Å².